The minimum atomic E-state index is -0.386. The molecule has 7 heteroatoms. The normalized spacial score (nSPS) is 25.5. The lowest BCUT2D eigenvalue weighted by atomic mass is 9.95. The van der Waals surface area contributed by atoms with Crippen molar-refractivity contribution in [1.29, 1.82) is 0 Å². The van der Waals surface area contributed by atoms with Crippen molar-refractivity contribution >= 4 is 23.0 Å². The molecule has 6 nitrogen and oxygen atoms in total. The molecular formula is C17H20ClN3O3. The van der Waals surface area contributed by atoms with Crippen LogP contribution in [-0.4, -0.2) is 60.9 Å². The monoisotopic (exact) mass is 349 g/mol. The molecule has 128 valence electrons. The average molecular weight is 350 g/mol. The summed E-state index contributed by atoms with van der Waals surface area (Å²) in [6.07, 6.45) is -0.00810. The van der Waals surface area contributed by atoms with Crippen LogP contribution in [0.25, 0.3) is 4.85 Å². The Morgan fingerprint density at radius 1 is 1.46 bits per heavy atom. The van der Waals surface area contributed by atoms with E-state index in [1.807, 2.05) is 18.0 Å². The number of hydrogen-bond acceptors (Lipinski definition) is 5. The zero-order chi connectivity index (χ0) is 17.3. The third-order valence-electron chi connectivity index (χ3n) is 4.50. The molecule has 0 radical (unpaired) electrons. The highest BCUT2D eigenvalue weighted by Crippen LogP contribution is 2.36. The summed E-state index contributed by atoms with van der Waals surface area (Å²) in [7, 11) is 1.63. The lowest BCUT2D eigenvalue weighted by Gasteiger charge is -2.22. The molecule has 1 aromatic carbocycles. The van der Waals surface area contributed by atoms with Gasteiger partial charge in [0.15, 0.2) is 0 Å². The van der Waals surface area contributed by atoms with E-state index in [-0.39, 0.29) is 18.2 Å². The molecule has 1 fully saturated rings. The first-order valence-corrected chi connectivity index (χ1v) is 8.25. The molecule has 24 heavy (non-hydrogen) atoms. The average Bonchev–Trinajstić information content (AvgIpc) is 3.07. The third-order valence-corrected chi connectivity index (χ3v) is 4.97. The number of aliphatic hydroxyl groups excluding tert-OH is 1. The summed E-state index contributed by atoms with van der Waals surface area (Å²) in [6, 6.07) is 3.61. The number of fused-ring (bicyclic) bond motifs is 1. The van der Waals surface area contributed by atoms with E-state index in [0.29, 0.717) is 36.9 Å². The minimum Gasteiger partial charge on any atom is -0.391 e. The molecule has 0 saturated carbocycles. The van der Waals surface area contributed by atoms with Crippen LogP contribution in [0.5, 0.6) is 0 Å². The first-order chi connectivity index (χ1) is 11.6. The van der Waals surface area contributed by atoms with Crippen LogP contribution in [0.1, 0.15) is 17.5 Å². The Hall–Kier alpha value is -1.65. The number of ether oxygens (including phenoxy) is 2. The highest BCUT2D eigenvalue weighted by atomic mass is 35.5. The molecule has 0 aromatic heterocycles. The predicted molar refractivity (Wildman–Crippen MR) is 91.7 cm³/mol. The first kappa shape index (κ1) is 17.2. The van der Waals surface area contributed by atoms with Gasteiger partial charge in [0.1, 0.15) is 6.10 Å². The lowest BCUT2D eigenvalue weighted by molar-refractivity contribution is 0.0232. The Labute approximate surface area is 146 Å². The maximum atomic E-state index is 9.90. The molecule has 3 atom stereocenters. The van der Waals surface area contributed by atoms with Crippen LogP contribution in [0.15, 0.2) is 17.2 Å². The molecule has 3 rings (SSSR count). The van der Waals surface area contributed by atoms with Crippen LogP contribution in [0.2, 0.25) is 5.02 Å². The molecule has 0 amide bonds. The van der Waals surface area contributed by atoms with E-state index in [1.165, 1.54) is 0 Å². The molecule has 0 bridgehead atoms. The smallest absolute Gasteiger partial charge is 0.205 e. The topological polar surface area (TPSA) is 58.7 Å². The zero-order valence-electron chi connectivity index (χ0n) is 13.7. The van der Waals surface area contributed by atoms with Crippen LogP contribution in [0.3, 0.4) is 0 Å². The standard InChI is InChI=1S/C17H20ClN3O3/c1-10-12(4-5-13(19-2)15(10)18)16-17(24-7-6-23-3)14-8-11(22)9-21(14)20-16/h4-5,11,14,17,22H,6-9H2,1,3H3/t11-,14+,17+/m1/s1. The van der Waals surface area contributed by atoms with E-state index in [2.05, 4.69) is 9.95 Å². The fraction of sp³-hybridized carbons (Fsp3) is 0.529. The van der Waals surface area contributed by atoms with Gasteiger partial charge in [0.25, 0.3) is 0 Å². The van der Waals surface area contributed by atoms with E-state index in [1.54, 1.807) is 13.2 Å². The number of hydrogen-bond donors (Lipinski definition) is 1. The van der Waals surface area contributed by atoms with Crippen molar-refractivity contribution in [1.82, 2.24) is 5.01 Å². The molecule has 2 aliphatic heterocycles. The van der Waals surface area contributed by atoms with Crippen LogP contribution in [-0.2, 0) is 9.47 Å². The summed E-state index contributed by atoms with van der Waals surface area (Å²) in [4.78, 5) is 3.43. The number of rotatable bonds is 5. The minimum absolute atomic E-state index is 0.0190. The van der Waals surface area contributed by atoms with Gasteiger partial charge in [-0.2, -0.15) is 5.10 Å². The predicted octanol–water partition coefficient (Wildman–Crippen LogP) is 2.38. The van der Waals surface area contributed by atoms with E-state index < -0.39 is 0 Å². The highest BCUT2D eigenvalue weighted by Gasteiger charge is 2.44. The second-order valence-corrected chi connectivity index (χ2v) is 6.41. The van der Waals surface area contributed by atoms with Crippen molar-refractivity contribution in [2.75, 3.05) is 26.9 Å². The third kappa shape index (κ3) is 3.01. The van der Waals surface area contributed by atoms with E-state index in [0.717, 1.165) is 16.8 Å². The van der Waals surface area contributed by atoms with Crippen LogP contribution in [0.4, 0.5) is 5.69 Å². The fourth-order valence-corrected chi connectivity index (χ4v) is 3.50. The molecule has 2 heterocycles. The summed E-state index contributed by atoms with van der Waals surface area (Å²) in [5.74, 6) is 0. The quantitative estimate of drug-likeness (QED) is 0.655. The van der Waals surface area contributed by atoms with E-state index >= 15 is 0 Å². The Balaban J connectivity index is 1.94. The van der Waals surface area contributed by atoms with Crippen molar-refractivity contribution < 1.29 is 14.6 Å². The van der Waals surface area contributed by atoms with Gasteiger partial charge in [-0.1, -0.05) is 23.7 Å². The summed E-state index contributed by atoms with van der Waals surface area (Å²) < 4.78 is 11.1. The van der Waals surface area contributed by atoms with Crippen molar-refractivity contribution in [3.63, 3.8) is 0 Å². The summed E-state index contributed by atoms with van der Waals surface area (Å²) >= 11 is 6.31. The number of methoxy groups -OCH3 is 1. The van der Waals surface area contributed by atoms with E-state index in [4.69, 9.17) is 27.6 Å². The van der Waals surface area contributed by atoms with Crippen molar-refractivity contribution in [2.45, 2.75) is 31.6 Å². The molecular weight excluding hydrogens is 330 g/mol. The van der Waals surface area contributed by atoms with Gasteiger partial charge >= 0.3 is 0 Å². The molecule has 0 aliphatic carbocycles. The molecule has 0 unspecified atom stereocenters. The summed E-state index contributed by atoms with van der Waals surface area (Å²) in [6.45, 7) is 10.5. The molecule has 2 aliphatic rings. The molecule has 1 saturated heterocycles. The van der Waals surface area contributed by atoms with Crippen molar-refractivity contribution in [3.8, 4) is 0 Å². The fourth-order valence-electron chi connectivity index (χ4n) is 3.29. The Morgan fingerprint density at radius 3 is 2.96 bits per heavy atom. The Bertz CT molecular complexity index is 701. The van der Waals surface area contributed by atoms with Gasteiger partial charge in [-0.3, -0.25) is 5.01 Å². The second kappa shape index (κ2) is 7.08. The number of benzene rings is 1. The maximum Gasteiger partial charge on any atom is 0.205 e. The Kier molecular flexibility index (Phi) is 5.07. The molecule has 1 aromatic rings. The second-order valence-electron chi connectivity index (χ2n) is 6.03. The lowest BCUT2D eigenvalue weighted by Crippen LogP contribution is -2.36. The van der Waals surface area contributed by atoms with Gasteiger partial charge in [-0.25, -0.2) is 4.85 Å². The van der Waals surface area contributed by atoms with Gasteiger partial charge in [-0.15, -0.1) is 0 Å². The number of halogens is 1. The van der Waals surface area contributed by atoms with Gasteiger partial charge in [0.2, 0.25) is 5.69 Å². The van der Waals surface area contributed by atoms with Gasteiger partial charge in [0.05, 0.1) is 49.2 Å². The van der Waals surface area contributed by atoms with Crippen LogP contribution in [0, 0.1) is 13.5 Å². The summed E-state index contributed by atoms with van der Waals surface area (Å²) in [5.41, 5.74) is 2.95. The van der Waals surface area contributed by atoms with Crippen molar-refractivity contribution in [2.24, 2.45) is 5.10 Å². The number of nitrogens with zero attached hydrogens (tertiary/aromatic N) is 3. The van der Waals surface area contributed by atoms with Gasteiger partial charge in [-0.05, 0) is 12.5 Å². The van der Waals surface area contributed by atoms with Crippen molar-refractivity contribution in [3.05, 3.63) is 39.7 Å². The maximum absolute atomic E-state index is 9.90. The largest absolute Gasteiger partial charge is 0.391 e. The van der Waals surface area contributed by atoms with Gasteiger partial charge in [0, 0.05) is 19.1 Å². The number of aliphatic hydroxyl groups is 1. The Morgan fingerprint density at radius 2 is 2.25 bits per heavy atom. The molecule has 1 N–H and O–H groups in total. The van der Waals surface area contributed by atoms with Crippen LogP contribution < -0.4 is 0 Å². The number of hydrazone groups is 1. The van der Waals surface area contributed by atoms with E-state index in [9.17, 15) is 5.11 Å². The van der Waals surface area contributed by atoms with Crippen LogP contribution >= 0.6 is 11.6 Å². The summed E-state index contributed by atoms with van der Waals surface area (Å²) in [5, 5.41) is 16.9. The van der Waals surface area contributed by atoms with Gasteiger partial charge < -0.3 is 14.6 Å². The highest BCUT2D eigenvalue weighted by molar-refractivity contribution is 6.34. The zero-order valence-corrected chi connectivity index (χ0v) is 14.5. The first-order valence-electron chi connectivity index (χ1n) is 7.87. The SMILES string of the molecule is [C-]#[N+]c1ccc(C2=NN3C[C@H](O)C[C@H]3[C@@H]2OCCOC)c(C)c1Cl. The molecule has 0 spiro atoms.